The number of hydrogen-bond donors (Lipinski definition) is 0. The van der Waals surface area contributed by atoms with Gasteiger partial charge in [0.1, 0.15) is 0 Å². The van der Waals surface area contributed by atoms with E-state index in [0.29, 0.717) is 6.61 Å². The van der Waals surface area contributed by atoms with Crippen molar-refractivity contribution in [2.24, 2.45) is 0 Å². The molecular weight excluding hydrogens is 163 g/mol. The Morgan fingerprint density at radius 3 is 2.25 bits per heavy atom. The molecule has 0 aromatic rings. The molecule has 8 heavy (non-hydrogen) atoms. The van der Waals surface area contributed by atoms with Crippen molar-refractivity contribution in [3.63, 3.8) is 0 Å². The number of rotatable bonds is 3. The lowest BCUT2D eigenvalue weighted by molar-refractivity contribution is 0.385. The summed E-state index contributed by atoms with van der Waals surface area (Å²) in [7, 11) is 0. The lowest BCUT2D eigenvalue weighted by Gasteiger charge is -2.09. The Morgan fingerprint density at radius 2 is 2.12 bits per heavy atom. The van der Waals surface area contributed by atoms with E-state index in [4.69, 9.17) is 27.6 Å². The van der Waals surface area contributed by atoms with E-state index in [0.717, 1.165) is 6.16 Å². The van der Waals surface area contributed by atoms with E-state index in [-0.39, 0.29) is 0 Å². The van der Waals surface area contributed by atoms with Gasteiger partial charge >= 0.3 is 0 Å². The second-order valence-corrected chi connectivity index (χ2v) is 7.40. The minimum Gasteiger partial charge on any atom is -0.338 e. The normalized spacial score (nSPS) is 17.9. The van der Waals surface area contributed by atoms with Crippen LogP contribution in [0.2, 0.25) is 0 Å². The first kappa shape index (κ1) is 8.90. The Morgan fingerprint density at radius 1 is 1.62 bits per heavy atom. The lowest BCUT2D eigenvalue weighted by atomic mass is 10.9. The van der Waals surface area contributed by atoms with Crippen LogP contribution in [0.1, 0.15) is 13.8 Å². The van der Waals surface area contributed by atoms with E-state index in [1.165, 1.54) is 0 Å². The fraction of sp³-hybridized carbons (Fsp3) is 1.00. The van der Waals surface area contributed by atoms with Gasteiger partial charge in [-0.1, -0.05) is 30.0 Å². The Hall–Kier alpha value is 0.900. The molecule has 0 aromatic heterocycles. The minimum absolute atomic E-state index is 0.634. The van der Waals surface area contributed by atoms with E-state index in [1.54, 1.807) is 0 Å². The average molecular weight is 173 g/mol. The standard InChI is InChI=1S/C4H10ClOPS/c1-3-6-7(5,8)4-2/h3-4H2,1-2H3. The van der Waals surface area contributed by atoms with Gasteiger partial charge in [-0.2, -0.15) is 0 Å². The molecule has 0 bridgehead atoms. The van der Waals surface area contributed by atoms with Crippen molar-refractivity contribution in [3.05, 3.63) is 0 Å². The summed E-state index contributed by atoms with van der Waals surface area (Å²) in [6.45, 7) is 4.48. The van der Waals surface area contributed by atoms with Crippen LogP contribution in [0, 0.1) is 0 Å². The molecule has 50 valence electrons. The molecule has 0 radical (unpaired) electrons. The van der Waals surface area contributed by atoms with Crippen LogP contribution in [0.3, 0.4) is 0 Å². The maximum Gasteiger partial charge on any atom is 0.151 e. The molecule has 0 aromatic carbocycles. The zero-order valence-corrected chi connectivity index (χ0v) is 7.52. The zero-order valence-electron chi connectivity index (χ0n) is 5.06. The summed E-state index contributed by atoms with van der Waals surface area (Å²) in [6, 6.07) is 0. The maximum absolute atomic E-state index is 5.72. The van der Waals surface area contributed by atoms with Gasteiger partial charge in [-0.3, -0.25) is 0 Å². The van der Waals surface area contributed by atoms with Crippen molar-refractivity contribution in [2.75, 3.05) is 12.8 Å². The number of halogens is 1. The Kier molecular flexibility index (Phi) is 4.27. The Bertz CT molecular complexity index is 106. The third-order valence-electron chi connectivity index (χ3n) is 0.700. The van der Waals surface area contributed by atoms with Crippen LogP contribution in [-0.2, 0) is 16.3 Å². The monoisotopic (exact) mass is 172 g/mol. The van der Waals surface area contributed by atoms with Gasteiger partial charge < -0.3 is 4.52 Å². The van der Waals surface area contributed by atoms with Crippen LogP contribution >= 0.6 is 16.9 Å². The predicted molar refractivity (Wildman–Crippen MR) is 42.3 cm³/mol. The molecule has 0 saturated carbocycles. The quantitative estimate of drug-likeness (QED) is 0.606. The topological polar surface area (TPSA) is 9.23 Å². The third kappa shape index (κ3) is 3.85. The highest BCUT2D eigenvalue weighted by Crippen LogP contribution is 2.51. The van der Waals surface area contributed by atoms with Gasteiger partial charge in [0.25, 0.3) is 0 Å². The summed E-state index contributed by atoms with van der Waals surface area (Å²) >= 11 is 10.6. The predicted octanol–water partition coefficient (Wildman–Crippen LogP) is 2.59. The number of hydrogen-bond acceptors (Lipinski definition) is 2. The summed E-state index contributed by atoms with van der Waals surface area (Å²) in [5.74, 6) is 0. The highest BCUT2D eigenvalue weighted by atomic mass is 35.7. The largest absolute Gasteiger partial charge is 0.338 e. The first-order chi connectivity index (χ1) is 3.62. The van der Waals surface area contributed by atoms with Gasteiger partial charge in [-0.25, -0.2) is 0 Å². The molecule has 1 unspecified atom stereocenters. The second kappa shape index (κ2) is 3.84. The molecule has 0 N–H and O–H groups in total. The van der Waals surface area contributed by atoms with Crippen LogP contribution < -0.4 is 0 Å². The summed E-state index contributed by atoms with van der Waals surface area (Å²) in [6.07, 6.45) is 0.776. The molecule has 0 heterocycles. The molecule has 0 spiro atoms. The highest BCUT2D eigenvalue weighted by Gasteiger charge is 2.07. The van der Waals surface area contributed by atoms with Crippen LogP contribution in [0.5, 0.6) is 0 Å². The summed E-state index contributed by atoms with van der Waals surface area (Å²) in [4.78, 5) is 0. The molecule has 0 aliphatic carbocycles. The molecule has 4 heteroatoms. The first-order valence-electron chi connectivity index (χ1n) is 2.55. The van der Waals surface area contributed by atoms with E-state index in [2.05, 4.69) is 0 Å². The van der Waals surface area contributed by atoms with E-state index in [9.17, 15) is 0 Å². The Balaban J connectivity index is 3.55. The molecule has 0 fully saturated rings. The fourth-order valence-corrected chi connectivity index (χ4v) is 1.46. The van der Waals surface area contributed by atoms with Crippen LogP contribution in [0.25, 0.3) is 0 Å². The molecule has 0 amide bonds. The van der Waals surface area contributed by atoms with E-state index in [1.807, 2.05) is 13.8 Å². The van der Waals surface area contributed by atoms with Crippen LogP contribution in [-0.4, -0.2) is 12.8 Å². The average Bonchev–Trinajstić information content (AvgIpc) is 1.67. The van der Waals surface area contributed by atoms with Crippen molar-refractivity contribution in [1.82, 2.24) is 0 Å². The van der Waals surface area contributed by atoms with E-state index >= 15 is 0 Å². The smallest absolute Gasteiger partial charge is 0.151 e. The molecule has 0 aliphatic rings. The van der Waals surface area contributed by atoms with Gasteiger partial charge in [0.2, 0.25) is 0 Å². The Labute approximate surface area is 60.2 Å². The fourth-order valence-electron chi connectivity index (χ4n) is 0.284. The van der Waals surface area contributed by atoms with Crippen LogP contribution in [0.15, 0.2) is 0 Å². The van der Waals surface area contributed by atoms with Gasteiger partial charge in [-0.15, -0.1) is 0 Å². The van der Waals surface area contributed by atoms with Crippen molar-refractivity contribution in [3.8, 4) is 0 Å². The van der Waals surface area contributed by atoms with Gasteiger partial charge in [0.05, 0.1) is 6.61 Å². The van der Waals surface area contributed by atoms with Crippen molar-refractivity contribution in [1.29, 1.82) is 0 Å². The summed E-state index contributed by atoms with van der Waals surface area (Å²) < 4.78 is 5.07. The maximum atomic E-state index is 5.72. The molecular formula is C4H10ClOPS. The second-order valence-electron chi connectivity index (χ2n) is 1.32. The zero-order chi connectivity index (χ0) is 6.62. The van der Waals surface area contributed by atoms with Gasteiger partial charge in [-0.05, 0) is 6.92 Å². The molecule has 0 rings (SSSR count). The van der Waals surface area contributed by atoms with Crippen molar-refractivity contribution < 1.29 is 4.52 Å². The molecule has 1 atom stereocenters. The van der Waals surface area contributed by atoms with Gasteiger partial charge in [0.15, 0.2) is 5.62 Å². The highest BCUT2D eigenvalue weighted by molar-refractivity contribution is 8.24. The van der Waals surface area contributed by atoms with Crippen LogP contribution in [0.4, 0.5) is 0 Å². The molecule has 0 saturated heterocycles. The molecule has 1 nitrogen and oxygen atoms in total. The van der Waals surface area contributed by atoms with Crippen molar-refractivity contribution >= 4 is 28.7 Å². The summed E-state index contributed by atoms with van der Waals surface area (Å²) in [5.41, 5.74) is -1.87. The third-order valence-corrected chi connectivity index (χ3v) is 4.20. The minimum atomic E-state index is -1.87. The van der Waals surface area contributed by atoms with E-state index < -0.39 is 5.62 Å². The van der Waals surface area contributed by atoms with Gasteiger partial charge in [0, 0.05) is 6.16 Å². The van der Waals surface area contributed by atoms with Crippen molar-refractivity contribution in [2.45, 2.75) is 13.8 Å². The SMILES string of the molecule is CCOP(=S)(Cl)CC. The lowest BCUT2D eigenvalue weighted by Crippen LogP contribution is -1.83. The molecule has 0 aliphatic heterocycles. The first-order valence-corrected chi connectivity index (χ1v) is 6.36. The summed E-state index contributed by atoms with van der Waals surface area (Å²) in [5, 5.41) is 0.